The van der Waals surface area contributed by atoms with Gasteiger partial charge in [-0.25, -0.2) is 4.98 Å². The van der Waals surface area contributed by atoms with Gasteiger partial charge in [-0.3, -0.25) is 9.59 Å². The molecule has 4 N–H and O–H groups in total. The van der Waals surface area contributed by atoms with Crippen LogP contribution in [0.15, 0.2) is 53.7 Å². The molecule has 0 saturated carbocycles. The van der Waals surface area contributed by atoms with Crippen molar-refractivity contribution in [2.45, 2.75) is 44.7 Å². The normalized spacial score (nSPS) is 18.1. The number of oxime groups is 1. The van der Waals surface area contributed by atoms with Crippen molar-refractivity contribution in [3.8, 4) is 0 Å². The number of pyridine rings is 1. The third kappa shape index (κ3) is 6.79. The smallest absolute Gasteiger partial charge is 0.426 e. The van der Waals surface area contributed by atoms with Gasteiger partial charge in [-0.15, -0.1) is 0 Å². The van der Waals surface area contributed by atoms with Crippen LogP contribution in [0.4, 0.5) is 0 Å². The fraction of sp³-hybridized carbons (Fsp3) is 0.391. The molecule has 0 spiro atoms. The number of carbonyl (C=O) groups excluding carboxylic acids is 2. The van der Waals surface area contributed by atoms with Crippen LogP contribution in [0.5, 0.6) is 0 Å². The summed E-state index contributed by atoms with van der Waals surface area (Å²) in [5.41, 5.74) is 0.0891. The highest BCUT2D eigenvalue weighted by molar-refractivity contribution is 6.43. The summed E-state index contributed by atoms with van der Waals surface area (Å²) in [6.45, 7) is 3.90. The summed E-state index contributed by atoms with van der Waals surface area (Å²) >= 11 is 5.85. The highest BCUT2D eigenvalue weighted by atomic mass is 35.5. The van der Waals surface area contributed by atoms with Gasteiger partial charge in [0.15, 0.2) is 0 Å². The molecule has 2 atom stereocenters. The van der Waals surface area contributed by atoms with Crippen molar-refractivity contribution in [3.63, 3.8) is 0 Å². The van der Waals surface area contributed by atoms with Crippen molar-refractivity contribution in [2.75, 3.05) is 6.54 Å². The molecular formula is C23H28BClN4O5. The maximum absolute atomic E-state index is 13.4. The van der Waals surface area contributed by atoms with Gasteiger partial charge in [0.1, 0.15) is 10.8 Å². The van der Waals surface area contributed by atoms with Crippen molar-refractivity contribution >= 4 is 36.2 Å². The van der Waals surface area contributed by atoms with Gasteiger partial charge in [0, 0.05) is 12.8 Å². The zero-order chi connectivity index (χ0) is 24.7. The van der Waals surface area contributed by atoms with E-state index in [9.17, 15) is 19.6 Å². The quantitative estimate of drug-likeness (QED) is 0.299. The van der Waals surface area contributed by atoms with E-state index in [4.69, 9.17) is 16.4 Å². The first kappa shape index (κ1) is 25.7. The number of nitrogens with zero attached hydrogens (tertiary/aromatic N) is 2. The van der Waals surface area contributed by atoms with E-state index in [1.807, 2.05) is 44.2 Å². The summed E-state index contributed by atoms with van der Waals surface area (Å²) in [7, 11) is -1.72. The van der Waals surface area contributed by atoms with Crippen LogP contribution in [-0.4, -0.2) is 57.8 Å². The molecule has 1 aliphatic rings. The lowest BCUT2D eigenvalue weighted by Crippen LogP contribution is -2.56. The predicted molar refractivity (Wildman–Crippen MR) is 129 cm³/mol. The van der Waals surface area contributed by atoms with Crippen LogP contribution in [0.3, 0.4) is 0 Å². The maximum Gasteiger partial charge on any atom is 0.475 e. The summed E-state index contributed by atoms with van der Waals surface area (Å²) in [6, 6.07) is 14.1. The van der Waals surface area contributed by atoms with Crippen molar-refractivity contribution in [1.29, 1.82) is 0 Å². The molecule has 0 aliphatic carbocycles. The molecule has 1 aromatic heterocycles. The van der Waals surface area contributed by atoms with Crippen LogP contribution in [0, 0.1) is 5.92 Å². The largest absolute Gasteiger partial charge is 0.475 e. The van der Waals surface area contributed by atoms with Crippen LogP contribution in [0.2, 0.25) is 5.15 Å². The lowest BCUT2D eigenvalue weighted by atomic mass is 9.74. The number of nitrogens with one attached hydrogen (secondary N) is 2. The van der Waals surface area contributed by atoms with Gasteiger partial charge >= 0.3 is 7.12 Å². The summed E-state index contributed by atoms with van der Waals surface area (Å²) in [5, 5.41) is 29.2. The summed E-state index contributed by atoms with van der Waals surface area (Å²) in [5.74, 6) is -1.67. The first-order chi connectivity index (χ1) is 16.2. The Balaban J connectivity index is 1.72. The lowest BCUT2D eigenvalue weighted by Gasteiger charge is -2.29. The van der Waals surface area contributed by atoms with Gasteiger partial charge < -0.3 is 25.5 Å². The molecule has 2 aromatic rings. The van der Waals surface area contributed by atoms with E-state index in [1.165, 1.54) is 6.07 Å². The van der Waals surface area contributed by atoms with Crippen LogP contribution in [0.1, 0.15) is 42.7 Å². The van der Waals surface area contributed by atoms with E-state index < -0.39 is 30.5 Å². The fourth-order valence-electron chi connectivity index (χ4n) is 3.73. The van der Waals surface area contributed by atoms with Gasteiger partial charge in [0.2, 0.25) is 5.60 Å². The summed E-state index contributed by atoms with van der Waals surface area (Å²) in [4.78, 5) is 35.4. The molecule has 1 aromatic carbocycles. The third-order valence-electron chi connectivity index (χ3n) is 5.39. The maximum atomic E-state index is 13.4. The lowest BCUT2D eigenvalue weighted by molar-refractivity contribution is -0.144. The molecule has 1 unspecified atom stereocenters. The average Bonchev–Trinajstić information content (AvgIpc) is 3.21. The Hall–Kier alpha value is -2.95. The molecule has 2 amide bonds. The molecule has 9 nitrogen and oxygen atoms in total. The Labute approximate surface area is 203 Å². The van der Waals surface area contributed by atoms with E-state index >= 15 is 0 Å². The molecule has 0 bridgehead atoms. The van der Waals surface area contributed by atoms with Crippen molar-refractivity contribution < 1.29 is 24.5 Å². The van der Waals surface area contributed by atoms with E-state index in [-0.39, 0.29) is 36.2 Å². The Kier molecular flexibility index (Phi) is 8.65. The molecule has 2 heterocycles. The summed E-state index contributed by atoms with van der Waals surface area (Å²) in [6.07, 6.45) is 0.709. The zero-order valence-corrected chi connectivity index (χ0v) is 19.8. The van der Waals surface area contributed by atoms with E-state index in [0.29, 0.717) is 12.1 Å². The molecule has 0 radical (unpaired) electrons. The number of benzene rings is 1. The number of aromatic nitrogens is 1. The number of hydrogen-bond acceptors (Lipinski definition) is 7. The van der Waals surface area contributed by atoms with Gasteiger partial charge in [0.25, 0.3) is 11.8 Å². The van der Waals surface area contributed by atoms with Gasteiger partial charge in [-0.1, -0.05) is 67.0 Å². The topological polar surface area (TPSA) is 133 Å². The number of rotatable bonds is 10. The molecule has 3 rings (SSSR count). The SMILES string of the molecule is CC(C)C[C@H](NC(=O)C1(Cc2ccccc2)CC(CNC(=O)c2cccc(Cl)n2)=NO1)B(O)O. The Bertz CT molecular complexity index is 1040. The third-order valence-corrected chi connectivity index (χ3v) is 5.60. The molecule has 0 fully saturated rings. The number of carbonyl (C=O) groups is 2. The van der Waals surface area contributed by atoms with Gasteiger partial charge in [0.05, 0.1) is 18.2 Å². The minimum Gasteiger partial charge on any atom is -0.426 e. The van der Waals surface area contributed by atoms with Gasteiger partial charge in [-0.05, 0) is 30.0 Å². The molecule has 11 heteroatoms. The summed E-state index contributed by atoms with van der Waals surface area (Å²) < 4.78 is 0. The Morgan fingerprint density at radius 1 is 1.18 bits per heavy atom. The second-order valence-corrected chi connectivity index (χ2v) is 9.12. The number of amides is 2. The van der Waals surface area contributed by atoms with Crippen LogP contribution >= 0.6 is 11.6 Å². The monoisotopic (exact) mass is 486 g/mol. The standard InChI is InChI=1S/C23H28BClN4O5/c1-15(2)11-19(24(32)33)28-22(31)23(12-16-7-4-3-5-8-16)13-17(29-34-23)14-26-21(30)18-9-6-10-20(25)27-18/h3-10,15,19,32-33H,11-14H2,1-2H3,(H,26,30)(H,28,31)/t19-,23?/m0/s1. The highest BCUT2D eigenvalue weighted by Crippen LogP contribution is 2.29. The Morgan fingerprint density at radius 3 is 2.56 bits per heavy atom. The van der Waals surface area contributed by atoms with Crippen LogP contribution in [0.25, 0.3) is 0 Å². The predicted octanol–water partition coefficient (Wildman–Crippen LogP) is 1.77. The average molecular weight is 487 g/mol. The first-order valence-corrected chi connectivity index (χ1v) is 11.4. The van der Waals surface area contributed by atoms with Crippen molar-refractivity contribution in [3.05, 3.63) is 64.9 Å². The Morgan fingerprint density at radius 2 is 1.91 bits per heavy atom. The number of hydrogen-bond donors (Lipinski definition) is 4. The number of halogens is 1. The van der Waals surface area contributed by atoms with Crippen molar-refractivity contribution in [1.82, 2.24) is 15.6 Å². The molecular weight excluding hydrogens is 459 g/mol. The minimum absolute atomic E-state index is 0.0505. The van der Waals surface area contributed by atoms with E-state index in [1.54, 1.807) is 12.1 Å². The second kappa shape index (κ2) is 11.5. The van der Waals surface area contributed by atoms with Gasteiger partial charge in [-0.2, -0.15) is 0 Å². The highest BCUT2D eigenvalue weighted by Gasteiger charge is 2.48. The second-order valence-electron chi connectivity index (χ2n) is 8.73. The fourth-order valence-corrected chi connectivity index (χ4v) is 3.90. The van der Waals surface area contributed by atoms with Crippen molar-refractivity contribution in [2.24, 2.45) is 11.1 Å². The van der Waals surface area contributed by atoms with Crippen LogP contribution in [-0.2, 0) is 16.1 Å². The molecule has 0 saturated heterocycles. The molecule has 34 heavy (non-hydrogen) atoms. The van der Waals surface area contributed by atoms with E-state index in [2.05, 4.69) is 20.8 Å². The first-order valence-electron chi connectivity index (χ1n) is 11.0. The molecule has 1 aliphatic heterocycles. The van der Waals surface area contributed by atoms with E-state index in [0.717, 1.165) is 5.56 Å². The molecule has 180 valence electrons. The minimum atomic E-state index is -1.72. The van der Waals surface area contributed by atoms with Crippen LogP contribution < -0.4 is 10.6 Å². The zero-order valence-electron chi connectivity index (χ0n) is 19.1.